The monoisotopic (exact) mass is 1130 g/mol. The molecule has 0 unspecified atom stereocenters. The number of hydrogen-bond acceptors (Lipinski definition) is 10. The third-order valence-electron chi connectivity index (χ3n) is 16.5. The minimum Gasteiger partial charge on any atom is -0.497 e. The first-order valence-electron chi connectivity index (χ1n) is 29.5. The molecule has 1 aliphatic rings. The van der Waals surface area contributed by atoms with E-state index in [2.05, 4.69) is 128 Å². The fourth-order valence-corrected chi connectivity index (χ4v) is 18.7. The summed E-state index contributed by atoms with van der Waals surface area (Å²) < 4.78 is 54.6. The van der Waals surface area contributed by atoms with Gasteiger partial charge in [-0.05, 0) is 114 Å². The molecule has 0 aromatic heterocycles. The van der Waals surface area contributed by atoms with Crippen LogP contribution in [-0.2, 0) is 57.2 Å². The van der Waals surface area contributed by atoms with E-state index >= 15 is 0 Å². The second kappa shape index (κ2) is 30.5. The first kappa shape index (κ1) is 64.4. The van der Waals surface area contributed by atoms with Crippen LogP contribution in [0, 0.1) is 17.3 Å². The first-order chi connectivity index (χ1) is 38.3. The quantitative estimate of drug-likeness (QED) is 0.0199. The van der Waals surface area contributed by atoms with E-state index in [1.807, 2.05) is 93.6 Å². The van der Waals surface area contributed by atoms with Crippen molar-refractivity contribution in [3.8, 4) is 5.75 Å². The Balaban J connectivity index is 1.29. The molecule has 1 heterocycles. The molecule has 0 bridgehead atoms. The van der Waals surface area contributed by atoms with Crippen LogP contribution in [0.15, 0.2) is 158 Å². The number of rotatable bonds is 31. The highest BCUT2D eigenvalue weighted by Gasteiger charge is 2.52. The molecule has 6 rings (SSSR count). The fourth-order valence-electron chi connectivity index (χ4n) is 11.3. The van der Waals surface area contributed by atoms with Crippen LogP contribution < -0.4 is 15.1 Å². The van der Waals surface area contributed by atoms with Gasteiger partial charge in [-0.15, -0.1) is 0 Å². The van der Waals surface area contributed by atoms with Crippen molar-refractivity contribution < 1.29 is 47.2 Å². The lowest BCUT2D eigenvalue weighted by molar-refractivity contribution is -0.252. The molecule has 1 N–H and O–H groups in total. The van der Waals surface area contributed by atoms with E-state index in [1.165, 1.54) is 10.4 Å². The van der Waals surface area contributed by atoms with Crippen LogP contribution in [0.2, 0.25) is 23.2 Å². The number of aliphatic hydroxyl groups excluding tert-OH is 1. The predicted molar refractivity (Wildman–Crippen MR) is 328 cm³/mol. The lowest BCUT2D eigenvalue weighted by Crippen LogP contribution is -2.66. The van der Waals surface area contributed by atoms with Gasteiger partial charge in [0.15, 0.2) is 8.32 Å². The molecule has 1 saturated heterocycles. The minimum atomic E-state index is -2.72. The molecule has 0 spiro atoms. The van der Waals surface area contributed by atoms with E-state index in [0.717, 1.165) is 59.0 Å². The van der Waals surface area contributed by atoms with E-state index in [9.17, 15) is 9.90 Å². The molecule has 1 fully saturated rings. The van der Waals surface area contributed by atoms with E-state index < -0.39 is 58.7 Å². The Hall–Kier alpha value is -4.74. The fraction of sp³-hybridized carbons (Fsp3) is 0.515. The maximum absolute atomic E-state index is 13.5. The zero-order valence-corrected chi connectivity index (χ0v) is 52.4. The highest BCUT2D eigenvalue weighted by Crippen LogP contribution is 2.41. The molecule has 12 heteroatoms. The van der Waals surface area contributed by atoms with Crippen LogP contribution in [0.25, 0.3) is 0 Å². The Bertz CT molecular complexity index is 2520. The number of benzene rings is 5. The van der Waals surface area contributed by atoms with Crippen molar-refractivity contribution >= 4 is 33.0 Å². The summed E-state index contributed by atoms with van der Waals surface area (Å²) in [5.41, 5.74) is 3.07. The van der Waals surface area contributed by atoms with Gasteiger partial charge >= 0.3 is 5.97 Å². The molecule has 5 aromatic carbocycles. The van der Waals surface area contributed by atoms with Gasteiger partial charge in [0.2, 0.25) is 0 Å². The maximum atomic E-state index is 13.5. The standard InChI is InChI=1S/C68H96O10Si2/c1-14-79(15-2,16-3)78-62(64-52(6)63(73-47-53-31-21-17-22-32-53)65(74-48-54-33-23-18-24-34-54)61(77-64)49-75-66(70)67(7,8)9)50(4)45-59(69)51(5)60(72-46-55-40-42-56(71-13)43-41-55)39-29-30-44-76-80(68(10,11)12,57-35-25-19-26-36-57)58-37-27-20-28-38-58/h17-28,31-38,40-43,51-52,59-65,69H,4,14-16,29-30,39,44-49H2,1-3,5-13H3/t51-,52-,59+,60-,61-,62-,63-,64-,65-/m1/s1. The molecular formula is C68H96O10Si2. The van der Waals surface area contributed by atoms with E-state index in [-0.39, 0.29) is 42.0 Å². The number of hydrogen-bond donors (Lipinski definition) is 1. The number of carbonyl (C=O) groups excluding carboxylic acids is 1. The summed E-state index contributed by atoms with van der Waals surface area (Å²) >= 11 is 0. The highest BCUT2D eigenvalue weighted by molar-refractivity contribution is 6.99. The van der Waals surface area contributed by atoms with Gasteiger partial charge in [0.25, 0.3) is 8.32 Å². The normalized spacial score (nSPS) is 19.6. The average Bonchev–Trinajstić information content (AvgIpc) is 3.49. The number of carbonyl (C=O) groups is 1. The van der Waals surface area contributed by atoms with Gasteiger partial charge in [-0.3, -0.25) is 4.79 Å². The van der Waals surface area contributed by atoms with Gasteiger partial charge in [-0.2, -0.15) is 0 Å². The SMILES string of the molecule is C=C(C[C@H](O)[C@@H](C)[C@@H](CCCCO[Si](c1ccccc1)(c1ccccc1)C(C)(C)C)OCc1ccc(OC)cc1)[C@@H](O[Si](CC)(CC)CC)[C@@H]1O[C@H](COC(=O)C(C)(C)C)[C@@H](OCc2ccccc2)[C@H](OCc2ccccc2)[C@H]1C. The van der Waals surface area contributed by atoms with Crippen molar-refractivity contribution in [3.63, 3.8) is 0 Å². The van der Waals surface area contributed by atoms with Crippen LogP contribution in [0.5, 0.6) is 5.75 Å². The minimum absolute atomic E-state index is 0.0448. The summed E-state index contributed by atoms with van der Waals surface area (Å²) in [5.74, 6) is -0.126. The van der Waals surface area contributed by atoms with Crippen molar-refractivity contribution in [2.24, 2.45) is 17.3 Å². The third-order valence-corrected chi connectivity index (χ3v) is 26.2. The number of unbranched alkanes of at least 4 members (excludes halogenated alkanes) is 1. The predicted octanol–water partition coefficient (Wildman–Crippen LogP) is 13.8. The first-order valence-corrected chi connectivity index (χ1v) is 33.9. The average molecular weight is 1130 g/mol. The van der Waals surface area contributed by atoms with Crippen molar-refractivity contribution in [2.75, 3.05) is 20.3 Å². The van der Waals surface area contributed by atoms with Gasteiger partial charge in [0.05, 0.1) is 62.9 Å². The van der Waals surface area contributed by atoms with Crippen molar-refractivity contribution in [1.29, 1.82) is 0 Å². The molecule has 5 aromatic rings. The molecular weight excluding hydrogens is 1030 g/mol. The van der Waals surface area contributed by atoms with Crippen LogP contribution in [-0.4, -0.2) is 90.8 Å². The lowest BCUT2D eigenvalue weighted by Gasteiger charge is -2.49. The topological polar surface area (TPSA) is 111 Å². The van der Waals surface area contributed by atoms with Gasteiger partial charge < -0.3 is 42.4 Å². The molecule has 0 radical (unpaired) electrons. The number of ether oxygens (including phenoxy) is 6. The van der Waals surface area contributed by atoms with Crippen LogP contribution >= 0.6 is 0 Å². The summed E-state index contributed by atoms with van der Waals surface area (Å²) in [4.78, 5) is 13.5. The van der Waals surface area contributed by atoms with Crippen molar-refractivity contribution in [3.05, 3.63) is 174 Å². The number of methoxy groups -OCH3 is 1. The van der Waals surface area contributed by atoms with Gasteiger partial charge in [-0.25, -0.2) is 0 Å². The second-order valence-electron chi connectivity index (χ2n) is 24.1. The molecule has 0 aliphatic carbocycles. The highest BCUT2D eigenvalue weighted by atomic mass is 28.4. The summed E-state index contributed by atoms with van der Waals surface area (Å²) in [6.45, 7) is 29.8. The largest absolute Gasteiger partial charge is 0.497 e. The van der Waals surface area contributed by atoms with Crippen LogP contribution in [0.1, 0.15) is 119 Å². The van der Waals surface area contributed by atoms with E-state index in [1.54, 1.807) is 7.11 Å². The van der Waals surface area contributed by atoms with E-state index in [0.29, 0.717) is 32.8 Å². The van der Waals surface area contributed by atoms with Crippen molar-refractivity contribution in [2.45, 2.75) is 188 Å². The summed E-state index contributed by atoms with van der Waals surface area (Å²) in [5, 5.41) is 15.0. The molecule has 436 valence electrons. The summed E-state index contributed by atoms with van der Waals surface area (Å²) in [6, 6.07) is 52.4. The molecule has 0 saturated carbocycles. The van der Waals surface area contributed by atoms with Gasteiger partial charge in [0.1, 0.15) is 24.6 Å². The second-order valence-corrected chi connectivity index (χ2v) is 33.2. The Morgan fingerprint density at radius 2 is 1.19 bits per heavy atom. The van der Waals surface area contributed by atoms with Crippen LogP contribution in [0.3, 0.4) is 0 Å². The number of aliphatic hydroxyl groups is 1. The molecule has 10 nitrogen and oxygen atoms in total. The number of esters is 1. The summed E-state index contributed by atoms with van der Waals surface area (Å²) in [7, 11) is -3.44. The maximum Gasteiger partial charge on any atom is 0.311 e. The zero-order chi connectivity index (χ0) is 57.9. The summed E-state index contributed by atoms with van der Waals surface area (Å²) in [6.07, 6.45) is -1.54. The Labute approximate surface area is 483 Å². The van der Waals surface area contributed by atoms with Crippen LogP contribution in [0.4, 0.5) is 0 Å². The van der Waals surface area contributed by atoms with Crippen molar-refractivity contribution in [1.82, 2.24) is 0 Å². The van der Waals surface area contributed by atoms with E-state index in [4.69, 9.17) is 43.9 Å². The molecule has 80 heavy (non-hydrogen) atoms. The molecule has 9 atom stereocenters. The lowest BCUT2D eigenvalue weighted by atomic mass is 9.81. The molecule has 0 amide bonds. The van der Waals surface area contributed by atoms with Gasteiger partial charge in [0, 0.05) is 18.4 Å². The smallest absolute Gasteiger partial charge is 0.311 e. The Kier molecular flexibility index (Phi) is 24.6. The zero-order valence-electron chi connectivity index (χ0n) is 50.4. The van der Waals surface area contributed by atoms with Gasteiger partial charge in [-0.1, -0.05) is 195 Å². The Morgan fingerprint density at radius 1 is 0.688 bits per heavy atom. The third kappa shape index (κ3) is 17.2. The molecule has 1 aliphatic heterocycles. The Morgan fingerprint density at radius 3 is 1.68 bits per heavy atom.